The monoisotopic (exact) mass is 411 g/mol. The van der Waals surface area contributed by atoms with Crippen molar-refractivity contribution in [2.24, 2.45) is 0 Å². The fraction of sp³-hybridized carbons (Fsp3) is 0.318. The second kappa shape index (κ2) is 10.4. The average Bonchev–Trinajstić information content (AvgIpc) is 3.14. The third-order valence-electron chi connectivity index (χ3n) is 4.48. The number of para-hydroxylation sites is 1. The molecule has 1 aliphatic heterocycles. The van der Waals surface area contributed by atoms with Gasteiger partial charge in [0.15, 0.2) is 0 Å². The van der Waals surface area contributed by atoms with E-state index in [2.05, 4.69) is 16.0 Å². The van der Waals surface area contributed by atoms with Gasteiger partial charge in [-0.05, 0) is 42.8 Å². The molecular formula is C22H25N3O5. The molecule has 0 bridgehead atoms. The van der Waals surface area contributed by atoms with Gasteiger partial charge in [-0.2, -0.15) is 0 Å². The third kappa shape index (κ3) is 6.59. The van der Waals surface area contributed by atoms with Crippen LogP contribution in [0.2, 0.25) is 0 Å². The Balaban J connectivity index is 1.41. The summed E-state index contributed by atoms with van der Waals surface area (Å²) in [5.41, 5.74) is 2.53. The molecule has 0 saturated carbocycles. The number of esters is 1. The Morgan fingerprint density at radius 3 is 2.27 bits per heavy atom. The van der Waals surface area contributed by atoms with Gasteiger partial charge in [0.25, 0.3) is 0 Å². The molecule has 1 aliphatic rings. The Morgan fingerprint density at radius 1 is 0.933 bits per heavy atom. The topological polar surface area (TPSA) is 106 Å². The Bertz CT molecular complexity index is 870. The minimum absolute atomic E-state index is 0.0305. The molecule has 158 valence electrons. The first-order valence-corrected chi connectivity index (χ1v) is 9.80. The molecule has 0 aliphatic carbocycles. The molecule has 8 nitrogen and oxygen atoms in total. The van der Waals surface area contributed by atoms with E-state index in [9.17, 15) is 14.4 Å². The number of ether oxygens (including phenoxy) is 2. The molecule has 0 aromatic heterocycles. The first kappa shape index (κ1) is 21.3. The molecule has 2 aromatic carbocycles. The molecule has 1 unspecified atom stereocenters. The van der Waals surface area contributed by atoms with Crippen LogP contribution >= 0.6 is 0 Å². The summed E-state index contributed by atoms with van der Waals surface area (Å²) in [5, 5.41) is 8.80. The summed E-state index contributed by atoms with van der Waals surface area (Å²) in [4.78, 5) is 35.3. The lowest BCUT2D eigenvalue weighted by Gasteiger charge is -2.19. The number of benzene rings is 2. The summed E-state index contributed by atoms with van der Waals surface area (Å²) >= 11 is 0. The largest absolute Gasteiger partial charge is 0.434 e. The number of hydrogen-bond acceptors (Lipinski definition) is 6. The number of anilines is 3. The molecule has 3 N–H and O–H groups in total. The normalized spacial score (nSPS) is 17.8. The van der Waals surface area contributed by atoms with Crippen molar-refractivity contribution in [3.63, 3.8) is 0 Å². The summed E-state index contributed by atoms with van der Waals surface area (Å²) in [7, 11) is 0. The van der Waals surface area contributed by atoms with Gasteiger partial charge in [0.05, 0.1) is 12.6 Å². The first-order chi connectivity index (χ1) is 14.5. The smallest absolute Gasteiger partial charge is 0.305 e. The summed E-state index contributed by atoms with van der Waals surface area (Å²) in [6.45, 7) is 1.69. The van der Waals surface area contributed by atoms with E-state index in [1.54, 1.807) is 12.1 Å². The summed E-state index contributed by atoms with van der Waals surface area (Å²) < 4.78 is 10.3. The van der Waals surface area contributed by atoms with Gasteiger partial charge in [-0.25, -0.2) is 0 Å². The zero-order valence-electron chi connectivity index (χ0n) is 16.7. The van der Waals surface area contributed by atoms with Crippen molar-refractivity contribution in [1.29, 1.82) is 0 Å². The van der Waals surface area contributed by atoms with Crippen molar-refractivity contribution < 1.29 is 23.9 Å². The van der Waals surface area contributed by atoms with E-state index >= 15 is 0 Å². The Labute approximate surface area is 174 Å². The maximum absolute atomic E-state index is 12.1. The number of nitrogens with one attached hydrogen (secondary N) is 3. The highest BCUT2D eigenvalue weighted by molar-refractivity contribution is 5.93. The van der Waals surface area contributed by atoms with E-state index in [1.807, 2.05) is 42.5 Å². The highest BCUT2D eigenvalue weighted by atomic mass is 16.7. The summed E-state index contributed by atoms with van der Waals surface area (Å²) in [5.74, 6) is -1.01. The Hall–Kier alpha value is -3.39. The van der Waals surface area contributed by atoms with Crippen LogP contribution in [0.15, 0.2) is 54.6 Å². The number of rotatable bonds is 8. The van der Waals surface area contributed by atoms with Gasteiger partial charge < -0.3 is 25.4 Å². The molecule has 8 heteroatoms. The van der Waals surface area contributed by atoms with Crippen molar-refractivity contribution in [3.05, 3.63) is 54.6 Å². The number of amides is 2. The maximum Gasteiger partial charge on any atom is 0.305 e. The fourth-order valence-electron chi connectivity index (χ4n) is 3.04. The quantitative estimate of drug-likeness (QED) is 0.577. The van der Waals surface area contributed by atoms with Crippen molar-refractivity contribution in [3.8, 4) is 0 Å². The van der Waals surface area contributed by atoms with E-state index in [-0.39, 0.29) is 24.7 Å². The third-order valence-corrected chi connectivity index (χ3v) is 4.48. The van der Waals surface area contributed by atoms with Crippen LogP contribution in [0.25, 0.3) is 0 Å². The molecule has 2 atom stereocenters. The summed E-state index contributed by atoms with van der Waals surface area (Å²) in [6.07, 6.45) is -0.146. The van der Waals surface area contributed by atoms with Gasteiger partial charge in [0.1, 0.15) is 0 Å². The van der Waals surface area contributed by atoms with Gasteiger partial charge in [-0.15, -0.1) is 0 Å². The maximum atomic E-state index is 12.1. The van der Waals surface area contributed by atoms with Gasteiger partial charge in [0.2, 0.25) is 18.1 Å². The zero-order valence-corrected chi connectivity index (χ0v) is 16.7. The van der Waals surface area contributed by atoms with E-state index in [0.29, 0.717) is 18.7 Å². The van der Waals surface area contributed by atoms with Crippen molar-refractivity contribution in [1.82, 2.24) is 5.32 Å². The molecule has 1 saturated heterocycles. The van der Waals surface area contributed by atoms with Crippen molar-refractivity contribution in [2.75, 3.05) is 17.2 Å². The number of hydrogen-bond donors (Lipinski definition) is 3. The van der Waals surface area contributed by atoms with Crippen LogP contribution in [0.4, 0.5) is 17.1 Å². The second-order valence-corrected chi connectivity index (χ2v) is 6.93. The van der Waals surface area contributed by atoms with Gasteiger partial charge >= 0.3 is 5.97 Å². The lowest BCUT2D eigenvalue weighted by molar-refractivity contribution is -0.170. The van der Waals surface area contributed by atoms with Crippen LogP contribution in [-0.2, 0) is 23.9 Å². The Kier molecular flexibility index (Phi) is 7.40. The first-order valence-electron chi connectivity index (χ1n) is 9.80. The van der Waals surface area contributed by atoms with Gasteiger partial charge in [-0.3, -0.25) is 14.4 Å². The van der Waals surface area contributed by atoms with Crippen LogP contribution in [-0.4, -0.2) is 36.7 Å². The van der Waals surface area contributed by atoms with Crippen LogP contribution in [0.5, 0.6) is 0 Å². The predicted octanol–water partition coefficient (Wildman–Crippen LogP) is 2.94. The van der Waals surface area contributed by atoms with Gasteiger partial charge in [-0.1, -0.05) is 18.2 Å². The average molecular weight is 411 g/mol. The van der Waals surface area contributed by atoms with E-state index < -0.39 is 18.3 Å². The lowest BCUT2D eigenvalue weighted by Crippen LogP contribution is -2.42. The highest BCUT2D eigenvalue weighted by Gasteiger charge is 2.32. The molecule has 3 rings (SSSR count). The fourth-order valence-corrected chi connectivity index (χ4v) is 3.04. The van der Waals surface area contributed by atoms with Crippen LogP contribution < -0.4 is 16.0 Å². The molecule has 1 heterocycles. The van der Waals surface area contributed by atoms with Gasteiger partial charge in [0, 0.05) is 36.8 Å². The van der Waals surface area contributed by atoms with E-state index in [4.69, 9.17) is 9.47 Å². The van der Waals surface area contributed by atoms with Crippen molar-refractivity contribution >= 4 is 34.8 Å². The lowest BCUT2D eigenvalue weighted by atomic mass is 10.2. The minimum atomic E-state index is -0.775. The van der Waals surface area contributed by atoms with Crippen LogP contribution in [0.1, 0.15) is 26.2 Å². The molecule has 2 amide bonds. The van der Waals surface area contributed by atoms with Crippen LogP contribution in [0.3, 0.4) is 0 Å². The molecule has 2 aromatic rings. The molecule has 0 radical (unpaired) electrons. The molecule has 0 spiro atoms. The van der Waals surface area contributed by atoms with Crippen molar-refractivity contribution in [2.45, 2.75) is 38.5 Å². The molecular weight excluding hydrogens is 386 g/mol. The number of carbonyl (C=O) groups is 3. The van der Waals surface area contributed by atoms with E-state index in [1.165, 1.54) is 6.92 Å². The highest BCUT2D eigenvalue weighted by Crippen LogP contribution is 2.19. The standard InChI is InChI=1S/C22H25N3O5/c1-15(26)30-22-19(13-14-29-22)25-21(28)12-11-20(27)24-18-9-7-17(8-10-18)23-16-5-3-2-4-6-16/h2-10,19,22-23H,11-14H2,1H3,(H,24,27)(H,25,28)/t19-,22?/m0/s1. The number of carbonyl (C=O) groups excluding carboxylic acids is 3. The Morgan fingerprint density at radius 2 is 1.57 bits per heavy atom. The SMILES string of the molecule is CC(=O)OC1OCC[C@@H]1NC(=O)CCC(=O)Nc1ccc(Nc2ccccc2)cc1. The zero-order chi connectivity index (χ0) is 21.3. The minimum Gasteiger partial charge on any atom is -0.434 e. The van der Waals surface area contributed by atoms with E-state index in [0.717, 1.165) is 11.4 Å². The summed E-state index contributed by atoms with van der Waals surface area (Å²) in [6, 6.07) is 16.7. The molecule has 1 fully saturated rings. The second-order valence-electron chi connectivity index (χ2n) is 6.93. The van der Waals surface area contributed by atoms with Crippen LogP contribution in [0, 0.1) is 0 Å². The molecule has 30 heavy (non-hydrogen) atoms. The predicted molar refractivity (Wildman–Crippen MR) is 112 cm³/mol.